The molecular formula is C13H8ClNS. The molecule has 1 aromatic heterocycles. The second-order valence-electron chi connectivity index (χ2n) is 3.19. The lowest BCUT2D eigenvalue weighted by Crippen LogP contribution is -1.80. The molecule has 0 aliphatic carbocycles. The van der Waals surface area contributed by atoms with Gasteiger partial charge in [-0.1, -0.05) is 29.8 Å². The molecule has 78 valence electrons. The van der Waals surface area contributed by atoms with Crippen LogP contribution in [-0.2, 0) is 0 Å². The number of hydrogen-bond donors (Lipinski definition) is 0. The quantitative estimate of drug-likeness (QED) is 0.717. The minimum Gasteiger partial charge on any atom is -0.192 e. The van der Waals surface area contributed by atoms with Gasteiger partial charge in [-0.15, -0.1) is 11.3 Å². The Kier molecular flexibility index (Phi) is 3.40. The fourth-order valence-corrected chi connectivity index (χ4v) is 2.11. The Morgan fingerprint density at radius 1 is 1.25 bits per heavy atom. The van der Waals surface area contributed by atoms with E-state index >= 15 is 0 Å². The lowest BCUT2D eigenvalue weighted by atomic mass is 10.1. The molecule has 0 amide bonds. The maximum Gasteiger partial charge on any atom is 0.0998 e. The van der Waals surface area contributed by atoms with Gasteiger partial charge >= 0.3 is 0 Å². The van der Waals surface area contributed by atoms with Crippen molar-refractivity contribution in [3.8, 4) is 6.07 Å². The Hall–Kier alpha value is -1.56. The average molecular weight is 246 g/mol. The Labute approximate surface area is 103 Å². The van der Waals surface area contributed by atoms with E-state index in [0.717, 1.165) is 10.4 Å². The van der Waals surface area contributed by atoms with E-state index in [9.17, 15) is 0 Å². The van der Waals surface area contributed by atoms with E-state index in [2.05, 4.69) is 6.07 Å². The van der Waals surface area contributed by atoms with Gasteiger partial charge in [0.25, 0.3) is 0 Å². The summed E-state index contributed by atoms with van der Waals surface area (Å²) in [5.41, 5.74) is 1.54. The first-order chi connectivity index (χ1) is 7.79. The van der Waals surface area contributed by atoms with Gasteiger partial charge in [-0.3, -0.25) is 0 Å². The Morgan fingerprint density at radius 2 is 2.00 bits per heavy atom. The van der Waals surface area contributed by atoms with E-state index < -0.39 is 0 Å². The van der Waals surface area contributed by atoms with E-state index in [1.54, 1.807) is 23.5 Å². The zero-order valence-corrected chi connectivity index (χ0v) is 9.92. The number of rotatable bonds is 2. The molecule has 0 fully saturated rings. The van der Waals surface area contributed by atoms with Crippen molar-refractivity contribution in [2.45, 2.75) is 0 Å². The highest BCUT2D eigenvalue weighted by Gasteiger charge is 2.01. The lowest BCUT2D eigenvalue weighted by molar-refractivity contribution is 1.52. The fraction of sp³-hybridized carbons (Fsp3) is 0. The van der Waals surface area contributed by atoms with Crippen LogP contribution in [0.15, 0.2) is 41.8 Å². The second kappa shape index (κ2) is 4.98. The summed E-state index contributed by atoms with van der Waals surface area (Å²) in [6.07, 6.45) is 1.88. The van der Waals surface area contributed by atoms with E-state index in [0.29, 0.717) is 10.6 Å². The van der Waals surface area contributed by atoms with Crippen molar-refractivity contribution in [1.82, 2.24) is 0 Å². The molecule has 0 unspecified atom stereocenters. The van der Waals surface area contributed by atoms with Crippen molar-refractivity contribution >= 4 is 34.6 Å². The first-order valence-corrected chi connectivity index (χ1v) is 5.96. The third kappa shape index (κ3) is 2.52. The minimum atomic E-state index is 0.652. The maximum atomic E-state index is 9.10. The van der Waals surface area contributed by atoms with Gasteiger partial charge in [0.2, 0.25) is 0 Å². The summed E-state index contributed by atoms with van der Waals surface area (Å²) in [4.78, 5) is 1.08. The van der Waals surface area contributed by atoms with Crippen LogP contribution in [0.4, 0.5) is 0 Å². The first kappa shape index (κ1) is 10.9. The van der Waals surface area contributed by atoms with E-state index in [1.165, 1.54) is 0 Å². The molecule has 0 saturated carbocycles. The van der Waals surface area contributed by atoms with Gasteiger partial charge in [0.15, 0.2) is 0 Å². The monoisotopic (exact) mass is 245 g/mol. The predicted octanol–water partition coefficient (Wildman–Crippen LogP) is 4.47. The fourth-order valence-electron chi connectivity index (χ4n) is 1.33. The molecule has 16 heavy (non-hydrogen) atoms. The summed E-state index contributed by atoms with van der Waals surface area (Å²) in [5.74, 6) is 0. The SMILES string of the molecule is N#C/C(=C\c1cccs1)c1ccc(Cl)cc1. The molecule has 0 atom stereocenters. The normalized spacial score (nSPS) is 11.1. The highest BCUT2D eigenvalue weighted by Crippen LogP contribution is 2.21. The maximum absolute atomic E-state index is 9.10. The molecule has 0 spiro atoms. The van der Waals surface area contributed by atoms with Crippen LogP contribution < -0.4 is 0 Å². The summed E-state index contributed by atoms with van der Waals surface area (Å²) in [6, 6.07) is 13.4. The molecule has 3 heteroatoms. The Morgan fingerprint density at radius 3 is 2.56 bits per heavy atom. The number of hydrogen-bond acceptors (Lipinski definition) is 2. The van der Waals surface area contributed by atoms with Crippen LogP contribution in [0.2, 0.25) is 5.02 Å². The topological polar surface area (TPSA) is 23.8 Å². The van der Waals surface area contributed by atoms with Gasteiger partial charge in [0, 0.05) is 9.90 Å². The molecule has 2 rings (SSSR count). The largest absolute Gasteiger partial charge is 0.192 e. The van der Waals surface area contributed by atoms with E-state index in [4.69, 9.17) is 16.9 Å². The summed E-state index contributed by atoms with van der Waals surface area (Å²) < 4.78 is 0. The zero-order chi connectivity index (χ0) is 11.4. The second-order valence-corrected chi connectivity index (χ2v) is 4.61. The third-order valence-electron chi connectivity index (χ3n) is 2.11. The van der Waals surface area contributed by atoms with Crippen LogP contribution in [0.5, 0.6) is 0 Å². The van der Waals surface area contributed by atoms with Gasteiger partial charge < -0.3 is 0 Å². The highest BCUT2D eigenvalue weighted by molar-refractivity contribution is 7.10. The van der Waals surface area contributed by atoms with E-state index in [1.807, 2.05) is 35.7 Å². The molecular weight excluding hydrogens is 238 g/mol. The van der Waals surface area contributed by atoms with Gasteiger partial charge in [0.1, 0.15) is 0 Å². The molecule has 0 radical (unpaired) electrons. The number of benzene rings is 1. The van der Waals surface area contributed by atoms with Crippen LogP contribution in [0.3, 0.4) is 0 Å². The van der Waals surface area contributed by atoms with Crippen LogP contribution in [0.25, 0.3) is 11.6 Å². The molecule has 0 aliphatic rings. The molecule has 0 saturated heterocycles. The van der Waals surface area contributed by atoms with Gasteiger partial charge in [-0.05, 0) is 35.2 Å². The molecule has 0 N–H and O–H groups in total. The van der Waals surface area contributed by atoms with Crippen molar-refractivity contribution in [3.63, 3.8) is 0 Å². The summed E-state index contributed by atoms with van der Waals surface area (Å²) in [5, 5.41) is 11.8. The summed E-state index contributed by atoms with van der Waals surface area (Å²) in [7, 11) is 0. The van der Waals surface area contributed by atoms with Crippen molar-refractivity contribution in [2.75, 3.05) is 0 Å². The van der Waals surface area contributed by atoms with Crippen LogP contribution in [0, 0.1) is 11.3 Å². The first-order valence-electron chi connectivity index (χ1n) is 4.71. The van der Waals surface area contributed by atoms with Gasteiger partial charge in [0.05, 0.1) is 11.6 Å². The zero-order valence-electron chi connectivity index (χ0n) is 8.35. The van der Waals surface area contributed by atoms with Crippen molar-refractivity contribution in [1.29, 1.82) is 5.26 Å². The smallest absolute Gasteiger partial charge is 0.0998 e. The summed E-state index contributed by atoms with van der Waals surface area (Å²) >= 11 is 7.41. The van der Waals surface area contributed by atoms with E-state index in [-0.39, 0.29) is 0 Å². The minimum absolute atomic E-state index is 0.652. The highest BCUT2D eigenvalue weighted by atomic mass is 35.5. The average Bonchev–Trinajstić information content (AvgIpc) is 2.80. The van der Waals surface area contributed by atoms with Crippen LogP contribution >= 0.6 is 22.9 Å². The number of nitrogens with zero attached hydrogens (tertiary/aromatic N) is 1. The molecule has 2 aromatic rings. The van der Waals surface area contributed by atoms with Gasteiger partial charge in [-0.25, -0.2) is 0 Å². The number of nitriles is 1. The van der Waals surface area contributed by atoms with Crippen molar-refractivity contribution in [2.24, 2.45) is 0 Å². The Bertz CT molecular complexity index is 532. The molecule has 1 aromatic carbocycles. The predicted molar refractivity (Wildman–Crippen MR) is 69.3 cm³/mol. The number of halogens is 1. The third-order valence-corrected chi connectivity index (χ3v) is 3.18. The molecule has 0 bridgehead atoms. The van der Waals surface area contributed by atoms with Crippen LogP contribution in [-0.4, -0.2) is 0 Å². The van der Waals surface area contributed by atoms with Crippen molar-refractivity contribution < 1.29 is 0 Å². The number of allylic oxidation sites excluding steroid dienone is 1. The molecule has 1 nitrogen and oxygen atoms in total. The van der Waals surface area contributed by atoms with Crippen LogP contribution in [0.1, 0.15) is 10.4 Å². The van der Waals surface area contributed by atoms with Gasteiger partial charge in [-0.2, -0.15) is 5.26 Å². The molecule has 1 heterocycles. The number of thiophene rings is 1. The Balaban J connectivity index is 2.37. The lowest BCUT2D eigenvalue weighted by Gasteiger charge is -1.98. The standard InChI is InChI=1S/C13H8ClNS/c14-12-5-3-10(4-6-12)11(9-15)8-13-2-1-7-16-13/h1-8H/b11-8+. The van der Waals surface area contributed by atoms with Crippen molar-refractivity contribution in [3.05, 3.63) is 57.2 Å². The molecule has 0 aliphatic heterocycles. The summed E-state index contributed by atoms with van der Waals surface area (Å²) in [6.45, 7) is 0.